The minimum absolute atomic E-state index is 0.813. The molecule has 18 heavy (non-hydrogen) atoms. The first-order valence-electron chi connectivity index (χ1n) is 5.89. The van der Waals surface area contributed by atoms with E-state index in [4.69, 9.17) is 0 Å². The topological polar surface area (TPSA) is 68.5 Å². The zero-order valence-electron chi connectivity index (χ0n) is 10.2. The van der Waals surface area contributed by atoms with Gasteiger partial charge in [-0.25, -0.2) is 9.97 Å². The molecule has 0 aliphatic heterocycles. The number of nitrogens with zero attached hydrogens (tertiary/aromatic N) is 5. The molecule has 0 saturated carbocycles. The summed E-state index contributed by atoms with van der Waals surface area (Å²) >= 11 is 3.38. The normalized spacial score (nSPS) is 10.6. The van der Waals surface area contributed by atoms with Crippen LogP contribution in [0.1, 0.15) is 19.2 Å². The van der Waals surface area contributed by atoms with Crippen LogP contribution < -0.4 is 5.32 Å². The molecule has 0 bridgehead atoms. The van der Waals surface area contributed by atoms with Gasteiger partial charge in [0.2, 0.25) is 0 Å². The molecule has 0 fully saturated rings. The minimum atomic E-state index is 0.813. The van der Waals surface area contributed by atoms with E-state index in [2.05, 4.69) is 41.5 Å². The van der Waals surface area contributed by atoms with E-state index in [0.717, 1.165) is 42.2 Å². The van der Waals surface area contributed by atoms with E-state index in [9.17, 15) is 0 Å². The molecule has 2 aromatic heterocycles. The zero-order chi connectivity index (χ0) is 12.8. The molecule has 1 N–H and O–H groups in total. The van der Waals surface area contributed by atoms with Gasteiger partial charge in [0, 0.05) is 31.8 Å². The summed E-state index contributed by atoms with van der Waals surface area (Å²) in [6.45, 7) is 3.72. The molecule has 7 heteroatoms. The predicted molar refractivity (Wildman–Crippen MR) is 72.2 cm³/mol. The Bertz CT molecular complexity index is 484. The van der Waals surface area contributed by atoms with Gasteiger partial charge in [-0.1, -0.05) is 12.1 Å². The molecule has 0 atom stereocenters. The highest BCUT2D eigenvalue weighted by molar-refractivity contribution is 9.10. The number of halogens is 1. The lowest BCUT2D eigenvalue weighted by Gasteiger charge is -2.07. The first-order valence-corrected chi connectivity index (χ1v) is 6.68. The van der Waals surface area contributed by atoms with Crippen LogP contribution in [0.5, 0.6) is 0 Å². The predicted octanol–water partition coefficient (Wildman–Crippen LogP) is 1.90. The van der Waals surface area contributed by atoms with Gasteiger partial charge in [-0.05, 0) is 22.4 Å². The van der Waals surface area contributed by atoms with Gasteiger partial charge in [0.15, 0.2) is 0 Å². The van der Waals surface area contributed by atoms with Gasteiger partial charge in [0.05, 0.1) is 6.20 Å². The Kier molecular flexibility index (Phi) is 4.63. The van der Waals surface area contributed by atoms with E-state index in [1.54, 1.807) is 6.20 Å². The molecule has 0 aliphatic carbocycles. The standard InChI is InChI=1S/C11H15BrN6/c1-2-10-15-9(12)8-11(16-10)13-4-3-6-18-7-5-14-17-18/h5,7-8H,2-4,6H2,1H3,(H,13,15,16). The number of aryl methyl sites for hydroxylation is 2. The van der Waals surface area contributed by atoms with Gasteiger partial charge < -0.3 is 5.32 Å². The maximum absolute atomic E-state index is 4.40. The number of rotatable bonds is 6. The van der Waals surface area contributed by atoms with Crippen LogP contribution in [0.25, 0.3) is 0 Å². The molecule has 96 valence electrons. The largest absolute Gasteiger partial charge is 0.370 e. The Morgan fingerprint density at radius 2 is 2.28 bits per heavy atom. The molecular weight excluding hydrogens is 296 g/mol. The van der Waals surface area contributed by atoms with Crippen molar-refractivity contribution < 1.29 is 0 Å². The van der Waals surface area contributed by atoms with Crippen molar-refractivity contribution in [3.8, 4) is 0 Å². The Balaban J connectivity index is 1.81. The van der Waals surface area contributed by atoms with Gasteiger partial charge in [-0.3, -0.25) is 4.68 Å². The number of hydrogen-bond donors (Lipinski definition) is 1. The van der Waals surface area contributed by atoms with Gasteiger partial charge in [-0.2, -0.15) is 0 Å². The van der Waals surface area contributed by atoms with Crippen molar-refractivity contribution in [3.05, 3.63) is 28.9 Å². The third kappa shape index (κ3) is 3.76. The fraction of sp³-hybridized carbons (Fsp3) is 0.455. The second-order valence-electron chi connectivity index (χ2n) is 3.79. The maximum atomic E-state index is 4.40. The Morgan fingerprint density at radius 3 is 3.00 bits per heavy atom. The molecule has 0 saturated heterocycles. The second kappa shape index (κ2) is 6.44. The fourth-order valence-corrected chi connectivity index (χ4v) is 1.94. The summed E-state index contributed by atoms with van der Waals surface area (Å²) in [5, 5.41) is 10.9. The molecule has 2 rings (SSSR count). The molecule has 0 spiro atoms. The molecule has 0 radical (unpaired) electrons. The van der Waals surface area contributed by atoms with Gasteiger partial charge >= 0.3 is 0 Å². The van der Waals surface area contributed by atoms with Crippen LogP contribution in [0.2, 0.25) is 0 Å². The first-order chi connectivity index (χ1) is 8.78. The SMILES string of the molecule is CCc1nc(Br)cc(NCCCn2ccnn2)n1. The highest BCUT2D eigenvalue weighted by Gasteiger charge is 2.01. The van der Waals surface area contributed by atoms with Crippen LogP contribution in [0.15, 0.2) is 23.1 Å². The van der Waals surface area contributed by atoms with Gasteiger partial charge in [0.1, 0.15) is 16.2 Å². The van der Waals surface area contributed by atoms with Gasteiger partial charge in [0.25, 0.3) is 0 Å². The first kappa shape index (κ1) is 12.9. The summed E-state index contributed by atoms with van der Waals surface area (Å²) in [5.41, 5.74) is 0. The van der Waals surface area contributed by atoms with Crippen molar-refractivity contribution in [3.63, 3.8) is 0 Å². The summed E-state index contributed by atoms with van der Waals surface area (Å²) in [4.78, 5) is 8.66. The molecule has 0 amide bonds. The lowest BCUT2D eigenvalue weighted by molar-refractivity contribution is 0.569. The van der Waals surface area contributed by atoms with Crippen molar-refractivity contribution in [2.45, 2.75) is 26.3 Å². The van der Waals surface area contributed by atoms with Crippen molar-refractivity contribution in [2.24, 2.45) is 0 Å². The van der Waals surface area contributed by atoms with Gasteiger partial charge in [-0.15, -0.1) is 5.10 Å². The minimum Gasteiger partial charge on any atom is -0.370 e. The molecule has 6 nitrogen and oxygen atoms in total. The summed E-state index contributed by atoms with van der Waals surface area (Å²) in [6, 6.07) is 1.88. The van der Waals surface area contributed by atoms with Crippen molar-refractivity contribution in [1.82, 2.24) is 25.0 Å². The maximum Gasteiger partial charge on any atom is 0.131 e. The fourth-order valence-electron chi connectivity index (χ4n) is 1.52. The van der Waals surface area contributed by atoms with E-state index in [1.807, 2.05) is 23.9 Å². The molecular formula is C11H15BrN6. The average Bonchev–Trinajstić information content (AvgIpc) is 2.87. The van der Waals surface area contributed by atoms with Crippen molar-refractivity contribution in [1.29, 1.82) is 0 Å². The lowest BCUT2D eigenvalue weighted by atomic mass is 10.4. The number of anilines is 1. The Hall–Kier alpha value is -1.50. The van der Waals surface area contributed by atoms with E-state index in [0.29, 0.717) is 0 Å². The molecule has 0 aromatic carbocycles. The van der Waals surface area contributed by atoms with Crippen molar-refractivity contribution >= 4 is 21.7 Å². The number of nitrogens with one attached hydrogen (secondary N) is 1. The van der Waals surface area contributed by atoms with E-state index < -0.39 is 0 Å². The molecule has 0 unspecified atom stereocenters. The highest BCUT2D eigenvalue weighted by Crippen LogP contribution is 2.12. The average molecular weight is 311 g/mol. The van der Waals surface area contributed by atoms with Crippen LogP contribution in [-0.4, -0.2) is 31.5 Å². The summed E-state index contributed by atoms with van der Waals surface area (Å²) in [7, 11) is 0. The van der Waals surface area contributed by atoms with Crippen LogP contribution in [0.4, 0.5) is 5.82 Å². The van der Waals surface area contributed by atoms with Crippen LogP contribution in [-0.2, 0) is 13.0 Å². The van der Waals surface area contributed by atoms with E-state index in [-0.39, 0.29) is 0 Å². The second-order valence-corrected chi connectivity index (χ2v) is 4.60. The van der Waals surface area contributed by atoms with E-state index in [1.165, 1.54) is 0 Å². The number of aromatic nitrogens is 5. The summed E-state index contributed by atoms with van der Waals surface area (Å²) < 4.78 is 2.63. The highest BCUT2D eigenvalue weighted by atomic mass is 79.9. The summed E-state index contributed by atoms with van der Waals surface area (Å²) in [5.74, 6) is 1.69. The van der Waals surface area contributed by atoms with Crippen molar-refractivity contribution in [2.75, 3.05) is 11.9 Å². The monoisotopic (exact) mass is 310 g/mol. The van der Waals surface area contributed by atoms with Crippen LogP contribution in [0.3, 0.4) is 0 Å². The molecule has 2 heterocycles. The Morgan fingerprint density at radius 1 is 1.39 bits per heavy atom. The quantitative estimate of drug-likeness (QED) is 0.652. The van der Waals surface area contributed by atoms with E-state index >= 15 is 0 Å². The summed E-state index contributed by atoms with van der Waals surface area (Å²) in [6.07, 6.45) is 5.33. The number of hydrogen-bond acceptors (Lipinski definition) is 5. The Labute approximate surface area is 114 Å². The zero-order valence-corrected chi connectivity index (χ0v) is 11.8. The lowest BCUT2D eigenvalue weighted by Crippen LogP contribution is -2.09. The third-order valence-corrected chi connectivity index (χ3v) is 2.81. The third-order valence-electron chi connectivity index (χ3n) is 2.40. The van der Waals surface area contributed by atoms with Crippen LogP contribution in [0, 0.1) is 0 Å². The van der Waals surface area contributed by atoms with Crippen LogP contribution >= 0.6 is 15.9 Å². The molecule has 2 aromatic rings. The smallest absolute Gasteiger partial charge is 0.131 e. The molecule has 0 aliphatic rings.